The first kappa shape index (κ1) is 20.0. The van der Waals surface area contributed by atoms with E-state index in [-0.39, 0.29) is 12.3 Å². The molecule has 1 N–H and O–H groups in total. The third-order valence-corrected chi connectivity index (χ3v) is 5.10. The highest BCUT2D eigenvalue weighted by Gasteiger charge is 2.24. The molecule has 9 nitrogen and oxygen atoms in total. The van der Waals surface area contributed by atoms with Crippen LogP contribution in [-0.2, 0) is 17.8 Å². The Hall–Kier alpha value is -3.33. The number of nitrogens with zero attached hydrogens (tertiary/aromatic N) is 5. The fourth-order valence-corrected chi connectivity index (χ4v) is 3.69. The van der Waals surface area contributed by atoms with Crippen LogP contribution in [0.3, 0.4) is 0 Å². The maximum Gasteiger partial charge on any atom is 0.240 e. The molecule has 1 amide bonds. The molecule has 30 heavy (non-hydrogen) atoms. The number of nitrogens with one attached hydrogen (secondary N) is 1. The number of rotatable bonds is 7. The van der Waals surface area contributed by atoms with Gasteiger partial charge in [-0.15, -0.1) is 0 Å². The van der Waals surface area contributed by atoms with Gasteiger partial charge >= 0.3 is 0 Å². The Morgan fingerprint density at radius 1 is 1.33 bits per heavy atom. The molecule has 0 saturated carbocycles. The molecule has 0 aliphatic carbocycles. The van der Waals surface area contributed by atoms with Gasteiger partial charge in [0.15, 0.2) is 5.82 Å². The second-order valence-electron chi connectivity index (χ2n) is 7.24. The summed E-state index contributed by atoms with van der Waals surface area (Å²) < 4.78 is 10.6. The molecule has 0 radical (unpaired) electrons. The standard InChI is InChI=1S/C21H24N6O3/c1-29-18-7-3-2-6-17(18)24-20(28)11-19-25-21(30-26-19)13-27-10-4-5-15(12-27)16-8-9-22-14-23-16/h2-3,6-9,14-15H,4-5,10-13H2,1H3,(H,24,28)/t15-/m1/s1. The normalized spacial score (nSPS) is 16.9. The van der Waals surface area contributed by atoms with E-state index in [9.17, 15) is 4.79 Å². The number of hydrogen-bond acceptors (Lipinski definition) is 8. The summed E-state index contributed by atoms with van der Waals surface area (Å²) in [6, 6.07) is 9.21. The van der Waals surface area contributed by atoms with Gasteiger partial charge in [-0.2, -0.15) is 4.98 Å². The number of para-hydroxylation sites is 2. The van der Waals surface area contributed by atoms with Crippen LogP contribution in [0.5, 0.6) is 5.75 Å². The molecule has 1 atom stereocenters. The molecule has 1 saturated heterocycles. The van der Waals surface area contributed by atoms with Crippen molar-refractivity contribution < 1.29 is 14.1 Å². The molecular formula is C21H24N6O3. The van der Waals surface area contributed by atoms with Crippen LogP contribution >= 0.6 is 0 Å². The van der Waals surface area contributed by atoms with E-state index >= 15 is 0 Å². The second kappa shape index (κ2) is 9.45. The van der Waals surface area contributed by atoms with Crippen molar-refractivity contribution in [3.8, 4) is 5.75 Å². The Bertz CT molecular complexity index is 978. The number of aromatic nitrogens is 4. The number of ether oxygens (including phenoxy) is 1. The van der Waals surface area contributed by atoms with Gasteiger partial charge in [-0.25, -0.2) is 9.97 Å². The second-order valence-corrected chi connectivity index (χ2v) is 7.24. The maximum atomic E-state index is 12.3. The molecular weight excluding hydrogens is 384 g/mol. The van der Waals surface area contributed by atoms with E-state index in [0.29, 0.717) is 35.6 Å². The first-order valence-corrected chi connectivity index (χ1v) is 9.94. The SMILES string of the molecule is COc1ccccc1NC(=O)Cc1noc(CN2CCC[C@@H](c3ccncn3)C2)n1. The molecule has 0 spiro atoms. The van der Waals surface area contributed by atoms with E-state index in [1.807, 2.05) is 18.2 Å². The zero-order chi connectivity index (χ0) is 20.8. The van der Waals surface area contributed by atoms with Crippen molar-refractivity contribution in [3.63, 3.8) is 0 Å². The van der Waals surface area contributed by atoms with Gasteiger partial charge in [0.25, 0.3) is 0 Å². The Morgan fingerprint density at radius 3 is 3.07 bits per heavy atom. The minimum absolute atomic E-state index is 0.0328. The topological polar surface area (TPSA) is 106 Å². The van der Waals surface area contributed by atoms with Crippen LogP contribution in [0.2, 0.25) is 0 Å². The van der Waals surface area contributed by atoms with Crippen LogP contribution in [0, 0.1) is 0 Å². The van der Waals surface area contributed by atoms with Crippen molar-refractivity contribution in [1.82, 2.24) is 25.0 Å². The number of hydrogen-bond donors (Lipinski definition) is 1. The first-order valence-electron chi connectivity index (χ1n) is 9.94. The van der Waals surface area contributed by atoms with E-state index in [1.165, 1.54) is 0 Å². The Morgan fingerprint density at radius 2 is 2.23 bits per heavy atom. The van der Waals surface area contributed by atoms with Crippen molar-refractivity contribution in [2.75, 3.05) is 25.5 Å². The third-order valence-electron chi connectivity index (χ3n) is 5.10. The van der Waals surface area contributed by atoms with Crippen LogP contribution in [-0.4, -0.2) is 51.1 Å². The lowest BCUT2D eigenvalue weighted by Crippen LogP contribution is -2.34. The number of piperidine rings is 1. The first-order chi connectivity index (χ1) is 14.7. The van der Waals surface area contributed by atoms with Crippen LogP contribution in [0.25, 0.3) is 0 Å². The summed E-state index contributed by atoms with van der Waals surface area (Å²) in [7, 11) is 1.56. The summed E-state index contributed by atoms with van der Waals surface area (Å²) in [6.07, 6.45) is 5.59. The number of amides is 1. The quantitative estimate of drug-likeness (QED) is 0.635. The number of benzene rings is 1. The van der Waals surface area contributed by atoms with Crippen molar-refractivity contribution in [3.05, 3.63) is 60.3 Å². The van der Waals surface area contributed by atoms with Crippen LogP contribution < -0.4 is 10.1 Å². The van der Waals surface area contributed by atoms with Gasteiger partial charge < -0.3 is 14.6 Å². The van der Waals surface area contributed by atoms with Gasteiger partial charge in [0, 0.05) is 24.4 Å². The molecule has 4 rings (SSSR count). The minimum Gasteiger partial charge on any atom is -0.495 e. The maximum absolute atomic E-state index is 12.3. The number of likely N-dealkylation sites (tertiary alicyclic amines) is 1. The van der Waals surface area contributed by atoms with Gasteiger partial charge in [0.2, 0.25) is 11.8 Å². The van der Waals surface area contributed by atoms with Crippen LogP contribution in [0.15, 0.2) is 47.4 Å². The molecule has 1 aliphatic rings. The molecule has 1 aromatic carbocycles. The molecule has 0 bridgehead atoms. The Balaban J connectivity index is 1.32. The average Bonchev–Trinajstić information content (AvgIpc) is 3.21. The van der Waals surface area contributed by atoms with Gasteiger partial charge in [0.05, 0.1) is 25.8 Å². The van der Waals surface area contributed by atoms with Crippen molar-refractivity contribution in [1.29, 1.82) is 0 Å². The average molecular weight is 408 g/mol. The van der Waals surface area contributed by atoms with E-state index in [4.69, 9.17) is 9.26 Å². The molecule has 1 aliphatic heterocycles. The molecule has 2 aromatic heterocycles. The fourth-order valence-electron chi connectivity index (χ4n) is 3.69. The summed E-state index contributed by atoms with van der Waals surface area (Å²) in [5.74, 6) is 1.62. The molecule has 3 heterocycles. The lowest BCUT2D eigenvalue weighted by atomic mass is 9.94. The molecule has 1 fully saturated rings. The smallest absolute Gasteiger partial charge is 0.240 e. The summed E-state index contributed by atoms with van der Waals surface area (Å²) >= 11 is 0. The fraction of sp³-hybridized carbons (Fsp3) is 0.381. The molecule has 3 aromatic rings. The van der Waals surface area contributed by atoms with E-state index in [2.05, 4.69) is 30.3 Å². The largest absolute Gasteiger partial charge is 0.495 e. The molecule has 9 heteroatoms. The predicted molar refractivity (Wildman–Crippen MR) is 109 cm³/mol. The van der Waals surface area contributed by atoms with Gasteiger partial charge in [0.1, 0.15) is 12.1 Å². The molecule has 0 unspecified atom stereocenters. The van der Waals surface area contributed by atoms with Crippen molar-refractivity contribution in [2.45, 2.75) is 31.7 Å². The lowest BCUT2D eigenvalue weighted by Gasteiger charge is -2.31. The summed E-state index contributed by atoms with van der Waals surface area (Å²) in [6.45, 7) is 2.40. The van der Waals surface area contributed by atoms with Gasteiger partial charge in [-0.05, 0) is 37.6 Å². The van der Waals surface area contributed by atoms with Crippen LogP contribution in [0.1, 0.15) is 36.2 Å². The summed E-state index contributed by atoms with van der Waals surface area (Å²) in [5, 5.41) is 6.77. The zero-order valence-corrected chi connectivity index (χ0v) is 16.8. The van der Waals surface area contributed by atoms with E-state index in [1.54, 1.807) is 31.8 Å². The number of anilines is 1. The Labute approximate surface area is 174 Å². The third kappa shape index (κ3) is 4.98. The number of carbonyl (C=O) groups excluding carboxylic acids is 1. The lowest BCUT2D eigenvalue weighted by molar-refractivity contribution is -0.115. The highest BCUT2D eigenvalue weighted by Crippen LogP contribution is 2.26. The van der Waals surface area contributed by atoms with E-state index < -0.39 is 0 Å². The predicted octanol–water partition coefficient (Wildman–Crippen LogP) is 2.43. The van der Waals surface area contributed by atoms with Gasteiger partial charge in [-0.3, -0.25) is 9.69 Å². The number of methoxy groups -OCH3 is 1. The van der Waals surface area contributed by atoms with E-state index in [0.717, 1.165) is 31.6 Å². The molecule has 156 valence electrons. The monoisotopic (exact) mass is 408 g/mol. The highest BCUT2D eigenvalue weighted by atomic mass is 16.5. The van der Waals surface area contributed by atoms with Gasteiger partial charge in [-0.1, -0.05) is 17.3 Å². The van der Waals surface area contributed by atoms with Crippen molar-refractivity contribution >= 4 is 11.6 Å². The minimum atomic E-state index is -0.228. The Kier molecular flexibility index (Phi) is 6.29. The van der Waals surface area contributed by atoms with Crippen molar-refractivity contribution in [2.24, 2.45) is 0 Å². The highest BCUT2D eigenvalue weighted by molar-refractivity contribution is 5.93. The zero-order valence-electron chi connectivity index (χ0n) is 16.8. The number of carbonyl (C=O) groups is 1. The summed E-state index contributed by atoms with van der Waals surface area (Å²) in [4.78, 5) is 27.4. The van der Waals surface area contributed by atoms with Crippen LogP contribution in [0.4, 0.5) is 5.69 Å². The summed E-state index contributed by atoms with van der Waals surface area (Å²) in [5.41, 5.74) is 1.67.